The Hall–Kier alpha value is -3.81. The summed E-state index contributed by atoms with van der Waals surface area (Å²) in [5, 5.41) is 12.9. The Kier molecular flexibility index (Phi) is 3.55. The lowest BCUT2D eigenvalue weighted by Crippen LogP contribution is -1.97. The average molecular weight is 333 g/mol. The molecule has 25 heavy (non-hydrogen) atoms. The van der Waals surface area contributed by atoms with Crippen molar-refractivity contribution in [2.45, 2.75) is 0 Å². The fourth-order valence-corrected chi connectivity index (χ4v) is 2.30. The van der Waals surface area contributed by atoms with Crippen LogP contribution in [0.25, 0.3) is 28.7 Å². The summed E-state index contributed by atoms with van der Waals surface area (Å²) >= 11 is 0. The van der Waals surface area contributed by atoms with E-state index in [1.165, 1.54) is 17.1 Å². The monoisotopic (exact) mass is 333 g/mol. The quantitative estimate of drug-likeness (QED) is 0.612. The molecule has 0 amide bonds. The number of aromatic nitrogens is 5. The summed E-state index contributed by atoms with van der Waals surface area (Å²) in [6, 6.07) is 13.0. The van der Waals surface area contributed by atoms with Gasteiger partial charge in [0.1, 0.15) is 12.1 Å². The molecule has 8 nitrogen and oxygen atoms in total. The molecule has 0 saturated heterocycles. The average Bonchev–Trinajstić information content (AvgIpc) is 3.33. The van der Waals surface area contributed by atoms with E-state index in [1.807, 2.05) is 30.3 Å². The summed E-state index contributed by atoms with van der Waals surface area (Å²) in [7, 11) is 0. The lowest BCUT2D eigenvalue weighted by atomic mass is 10.2. The molecule has 8 heteroatoms. The molecular weight excluding hydrogens is 322 g/mol. The van der Waals surface area contributed by atoms with Gasteiger partial charge in [0.05, 0.1) is 0 Å². The van der Waals surface area contributed by atoms with Crippen LogP contribution in [0.4, 0.5) is 0 Å². The standard InChI is InChI=1S/C17H11N5O3/c23-17(24)13-9-22(10-19-13)14-8-12(6-7-18-14)16-20-15(21-25-16)11-4-2-1-3-5-11/h1-10H,(H,23,24). The molecule has 0 radical (unpaired) electrons. The molecule has 0 atom stereocenters. The number of carbonyl (C=O) groups is 1. The first-order valence-electron chi connectivity index (χ1n) is 7.34. The molecule has 1 N–H and O–H groups in total. The van der Waals surface area contributed by atoms with Gasteiger partial charge in [0.15, 0.2) is 5.69 Å². The number of imidazole rings is 1. The smallest absolute Gasteiger partial charge is 0.356 e. The lowest BCUT2D eigenvalue weighted by Gasteiger charge is -2.01. The van der Waals surface area contributed by atoms with Gasteiger partial charge in [-0.3, -0.25) is 4.57 Å². The second-order valence-electron chi connectivity index (χ2n) is 5.16. The number of hydrogen-bond acceptors (Lipinski definition) is 6. The molecule has 4 rings (SSSR count). The topological polar surface area (TPSA) is 107 Å². The number of pyridine rings is 1. The summed E-state index contributed by atoms with van der Waals surface area (Å²) in [5.41, 5.74) is 1.47. The van der Waals surface area contributed by atoms with Crippen molar-refractivity contribution in [2.24, 2.45) is 0 Å². The van der Waals surface area contributed by atoms with Crippen LogP contribution in [0.15, 0.2) is 65.7 Å². The Morgan fingerprint density at radius 1 is 1.08 bits per heavy atom. The van der Waals surface area contributed by atoms with Crippen molar-refractivity contribution in [1.29, 1.82) is 0 Å². The molecule has 0 aliphatic rings. The molecule has 0 aliphatic heterocycles. The predicted octanol–water partition coefficient (Wildman–Crippen LogP) is 2.68. The number of rotatable bonds is 4. The molecule has 0 aliphatic carbocycles. The van der Waals surface area contributed by atoms with Crippen molar-refractivity contribution >= 4 is 5.97 Å². The van der Waals surface area contributed by atoms with Gasteiger partial charge in [0.2, 0.25) is 5.82 Å². The first-order valence-corrected chi connectivity index (χ1v) is 7.34. The number of aromatic carboxylic acids is 1. The molecule has 0 fully saturated rings. The summed E-state index contributed by atoms with van der Waals surface area (Å²) < 4.78 is 6.85. The number of carboxylic acid groups (broad SMARTS) is 1. The zero-order valence-electron chi connectivity index (χ0n) is 12.8. The van der Waals surface area contributed by atoms with Crippen molar-refractivity contribution in [2.75, 3.05) is 0 Å². The Morgan fingerprint density at radius 3 is 2.68 bits per heavy atom. The molecule has 0 unspecified atom stereocenters. The van der Waals surface area contributed by atoms with Crippen LogP contribution in [-0.4, -0.2) is 35.8 Å². The van der Waals surface area contributed by atoms with E-state index in [2.05, 4.69) is 20.1 Å². The highest BCUT2D eigenvalue weighted by Crippen LogP contribution is 2.23. The second kappa shape index (κ2) is 6.00. The number of benzene rings is 1. The van der Waals surface area contributed by atoms with Crippen molar-refractivity contribution < 1.29 is 14.4 Å². The molecule has 4 aromatic rings. The normalized spacial score (nSPS) is 10.7. The Morgan fingerprint density at radius 2 is 1.92 bits per heavy atom. The van der Waals surface area contributed by atoms with Crippen LogP contribution in [0, 0.1) is 0 Å². The summed E-state index contributed by atoms with van der Waals surface area (Å²) in [6.45, 7) is 0. The van der Waals surface area contributed by atoms with Gasteiger partial charge in [0.25, 0.3) is 5.89 Å². The van der Waals surface area contributed by atoms with Gasteiger partial charge in [0, 0.05) is 23.5 Å². The zero-order chi connectivity index (χ0) is 17.2. The van der Waals surface area contributed by atoms with Crippen molar-refractivity contribution in [3.8, 4) is 28.7 Å². The highest BCUT2D eigenvalue weighted by Gasteiger charge is 2.13. The summed E-state index contributed by atoms with van der Waals surface area (Å²) in [4.78, 5) is 23.4. The largest absolute Gasteiger partial charge is 0.476 e. The maximum atomic E-state index is 10.9. The third-order valence-electron chi connectivity index (χ3n) is 3.52. The molecular formula is C17H11N5O3. The highest BCUT2D eigenvalue weighted by molar-refractivity contribution is 5.85. The van der Waals surface area contributed by atoms with E-state index >= 15 is 0 Å². The summed E-state index contributed by atoms with van der Waals surface area (Å²) in [5.74, 6) is 0.238. The maximum absolute atomic E-state index is 10.9. The van der Waals surface area contributed by atoms with Crippen molar-refractivity contribution in [3.05, 3.63) is 66.9 Å². The Labute approximate surface area is 141 Å². The molecule has 3 aromatic heterocycles. The first kappa shape index (κ1) is 14.8. The first-order chi connectivity index (χ1) is 12.2. The summed E-state index contributed by atoms with van der Waals surface area (Å²) in [6.07, 6.45) is 4.36. The molecule has 122 valence electrons. The van der Waals surface area contributed by atoms with E-state index in [4.69, 9.17) is 9.63 Å². The Bertz CT molecular complexity index is 1040. The van der Waals surface area contributed by atoms with E-state index < -0.39 is 5.97 Å². The lowest BCUT2D eigenvalue weighted by molar-refractivity contribution is 0.0691. The van der Waals surface area contributed by atoms with E-state index in [-0.39, 0.29) is 5.69 Å². The minimum absolute atomic E-state index is 0.0589. The van der Waals surface area contributed by atoms with Crippen LogP contribution < -0.4 is 0 Å². The minimum Gasteiger partial charge on any atom is -0.476 e. The molecule has 0 spiro atoms. The van der Waals surface area contributed by atoms with E-state index in [0.717, 1.165) is 5.56 Å². The van der Waals surface area contributed by atoms with Crippen LogP contribution in [-0.2, 0) is 0 Å². The second-order valence-corrected chi connectivity index (χ2v) is 5.16. The van der Waals surface area contributed by atoms with Crippen LogP contribution in [0.5, 0.6) is 0 Å². The van der Waals surface area contributed by atoms with Crippen molar-refractivity contribution in [3.63, 3.8) is 0 Å². The number of hydrogen-bond donors (Lipinski definition) is 1. The van der Waals surface area contributed by atoms with Gasteiger partial charge in [-0.1, -0.05) is 35.5 Å². The molecule has 1 aromatic carbocycles. The van der Waals surface area contributed by atoms with Gasteiger partial charge in [-0.15, -0.1) is 0 Å². The molecule has 3 heterocycles. The minimum atomic E-state index is -1.10. The molecule has 0 saturated carbocycles. The van der Waals surface area contributed by atoms with Gasteiger partial charge >= 0.3 is 5.97 Å². The van der Waals surface area contributed by atoms with Crippen LogP contribution in [0.1, 0.15) is 10.5 Å². The van der Waals surface area contributed by atoms with Gasteiger partial charge in [-0.25, -0.2) is 14.8 Å². The van der Waals surface area contributed by atoms with Gasteiger partial charge in [-0.2, -0.15) is 4.98 Å². The zero-order valence-corrected chi connectivity index (χ0v) is 12.8. The van der Waals surface area contributed by atoms with E-state index in [9.17, 15) is 4.79 Å². The highest BCUT2D eigenvalue weighted by atomic mass is 16.5. The van der Waals surface area contributed by atoms with Crippen LogP contribution in [0.2, 0.25) is 0 Å². The predicted molar refractivity (Wildman–Crippen MR) is 87.0 cm³/mol. The maximum Gasteiger partial charge on any atom is 0.356 e. The van der Waals surface area contributed by atoms with Crippen LogP contribution >= 0.6 is 0 Å². The fourth-order valence-electron chi connectivity index (χ4n) is 2.30. The third kappa shape index (κ3) is 2.88. The SMILES string of the molecule is O=C(O)c1cn(-c2cc(-c3nc(-c4ccccc4)no3)ccn2)cn1. The van der Waals surface area contributed by atoms with Crippen LogP contribution in [0.3, 0.4) is 0 Å². The van der Waals surface area contributed by atoms with Gasteiger partial charge in [-0.05, 0) is 12.1 Å². The van der Waals surface area contributed by atoms with E-state index in [0.29, 0.717) is 23.1 Å². The van der Waals surface area contributed by atoms with Gasteiger partial charge < -0.3 is 9.63 Å². The van der Waals surface area contributed by atoms with E-state index in [1.54, 1.807) is 18.3 Å². The fraction of sp³-hybridized carbons (Fsp3) is 0. The number of nitrogens with zero attached hydrogens (tertiary/aromatic N) is 5. The van der Waals surface area contributed by atoms with Crippen molar-refractivity contribution in [1.82, 2.24) is 24.7 Å². The number of carboxylic acids is 1. The Balaban J connectivity index is 1.68. The third-order valence-corrected chi connectivity index (χ3v) is 3.52. The molecule has 0 bridgehead atoms.